The van der Waals surface area contributed by atoms with E-state index in [2.05, 4.69) is 10.6 Å². The fraction of sp³-hybridized carbons (Fsp3) is 0.500. The minimum Gasteiger partial charge on any atom is -0.347 e. The predicted molar refractivity (Wildman–Crippen MR) is 92.7 cm³/mol. The zero-order chi connectivity index (χ0) is 17.3. The number of hydrogen-bond donors (Lipinski definition) is 2. The fourth-order valence-electron chi connectivity index (χ4n) is 2.40. The highest BCUT2D eigenvalue weighted by Gasteiger charge is 2.41. The molecule has 1 aromatic rings. The molecule has 0 unspecified atom stereocenters. The van der Waals surface area contributed by atoms with Crippen LogP contribution in [0.1, 0.15) is 11.1 Å². The molecule has 1 fully saturated rings. The number of carbonyl (C=O) groups excluding carboxylic acids is 1. The lowest BCUT2D eigenvalue weighted by Gasteiger charge is -2.22. The van der Waals surface area contributed by atoms with Crippen LogP contribution in [0.3, 0.4) is 0 Å². The zero-order valence-electron chi connectivity index (χ0n) is 12.4. The van der Waals surface area contributed by atoms with Gasteiger partial charge in [0, 0.05) is 12.6 Å². The Morgan fingerprint density at radius 1 is 1.17 bits per heavy atom. The molecule has 9 heteroatoms. The van der Waals surface area contributed by atoms with Crippen molar-refractivity contribution in [1.29, 1.82) is 0 Å². The molecule has 128 valence electrons. The summed E-state index contributed by atoms with van der Waals surface area (Å²) in [7, 11) is -3.25. The second-order valence-corrected chi connectivity index (χ2v) is 10.1. The van der Waals surface area contributed by atoms with Crippen LogP contribution in [0.4, 0.5) is 0 Å². The molecule has 2 rings (SSSR count). The summed E-state index contributed by atoms with van der Waals surface area (Å²) in [5, 5.41) is 5.65. The van der Waals surface area contributed by atoms with Crippen LogP contribution >= 0.6 is 34.8 Å². The zero-order valence-corrected chi connectivity index (χ0v) is 15.4. The number of amides is 1. The van der Waals surface area contributed by atoms with E-state index in [1.807, 2.05) is 31.2 Å². The van der Waals surface area contributed by atoms with E-state index in [0.29, 0.717) is 6.54 Å². The molecule has 1 saturated heterocycles. The van der Waals surface area contributed by atoms with Crippen LogP contribution in [0.15, 0.2) is 24.3 Å². The highest BCUT2D eigenvalue weighted by molar-refractivity contribution is 7.91. The number of alkyl halides is 3. The van der Waals surface area contributed by atoms with Crippen LogP contribution in [0.2, 0.25) is 0 Å². The monoisotopic (exact) mass is 398 g/mol. The van der Waals surface area contributed by atoms with Crippen molar-refractivity contribution in [2.24, 2.45) is 0 Å². The normalized spacial score (nSPS) is 23.7. The van der Waals surface area contributed by atoms with Crippen molar-refractivity contribution in [2.75, 3.05) is 11.5 Å². The van der Waals surface area contributed by atoms with Gasteiger partial charge < -0.3 is 10.6 Å². The van der Waals surface area contributed by atoms with E-state index < -0.39 is 31.6 Å². The number of halogens is 3. The second kappa shape index (κ2) is 7.15. The first-order valence-electron chi connectivity index (χ1n) is 6.94. The smallest absolute Gasteiger partial charge is 0.272 e. The molecule has 1 amide bonds. The molecular formula is C14H17Cl3N2O3S. The van der Waals surface area contributed by atoms with Gasteiger partial charge in [0.2, 0.25) is 0 Å². The Bertz CT molecular complexity index is 672. The highest BCUT2D eigenvalue weighted by Crippen LogP contribution is 2.27. The van der Waals surface area contributed by atoms with E-state index in [4.69, 9.17) is 34.8 Å². The number of nitrogens with one attached hydrogen (secondary N) is 2. The van der Waals surface area contributed by atoms with Gasteiger partial charge in [-0.15, -0.1) is 0 Å². The molecule has 2 N–H and O–H groups in total. The maximum absolute atomic E-state index is 11.8. The minimum absolute atomic E-state index is 0.0658. The maximum atomic E-state index is 11.8. The van der Waals surface area contributed by atoms with E-state index in [0.717, 1.165) is 11.1 Å². The average molecular weight is 400 g/mol. The third-order valence-electron chi connectivity index (χ3n) is 3.62. The summed E-state index contributed by atoms with van der Waals surface area (Å²) in [4.78, 5) is 11.8. The Morgan fingerprint density at radius 2 is 1.74 bits per heavy atom. The first-order valence-corrected chi connectivity index (χ1v) is 9.89. The predicted octanol–water partition coefficient (Wildman–Crippen LogP) is 1.74. The Labute approximate surface area is 150 Å². The quantitative estimate of drug-likeness (QED) is 0.756. The van der Waals surface area contributed by atoms with Crippen LogP contribution in [0, 0.1) is 6.92 Å². The molecule has 0 spiro atoms. The van der Waals surface area contributed by atoms with Crippen molar-refractivity contribution in [3.05, 3.63) is 35.4 Å². The van der Waals surface area contributed by atoms with Crippen molar-refractivity contribution in [3.63, 3.8) is 0 Å². The molecule has 1 aliphatic rings. The highest BCUT2D eigenvalue weighted by atomic mass is 35.6. The maximum Gasteiger partial charge on any atom is 0.272 e. The van der Waals surface area contributed by atoms with Gasteiger partial charge in [-0.05, 0) is 12.5 Å². The number of sulfone groups is 1. The number of benzene rings is 1. The number of rotatable bonds is 4. The van der Waals surface area contributed by atoms with Crippen LogP contribution in [-0.4, -0.2) is 41.7 Å². The van der Waals surface area contributed by atoms with Gasteiger partial charge in [-0.2, -0.15) is 0 Å². The molecule has 0 radical (unpaired) electrons. The summed E-state index contributed by atoms with van der Waals surface area (Å²) in [6.45, 7) is 2.48. The van der Waals surface area contributed by atoms with Gasteiger partial charge in [-0.25, -0.2) is 8.42 Å². The topological polar surface area (TPSA) is 75.3 Å². The summed E-state index contributed by atoms with van der Waals surface area (Å²) < 4.78 is 21.6. The van der Waals surface area contributed by atoms with Crippen LogP contribution < -0.4 is 10.6 Å². The van der Waals surface area contributed by atoms with E-state index in [1.165, 1.54) is 0 Å². The SMILES string of the molecule is Cc1ccc(CN[C@H]2CS(=O)(=O)C[C@@H]2NC(=O)C(Cl)(Cl)Cl)cc1. The van der Waals surface area contributed by atoms with Crippen molar-refractivity contribution in [1.82, 2.24) is 10.6 Å². The number of carbonyl (C=O) groups is 1. The van der Waals surface area contributed by atoms with Gasteiger partial charge in [-0.3, -0.25) is 4.79 Å². The molecule has 0 saturated carbocycles. The first-order chi connectivity index (χ1) is 10.6. The molecule has 0 aliphatic carbocycles. The Morgan fingerprint density at radius 3 is 2.30 bits per heavy atom. The lowest BCUT2D eigenvalue weighted by molar-refractivity contribution is -0.120. The summed E-state index contributed by atoms with van der Waals surface area (Å²) in [5.41, 5.74) is 2.16. The van der Waals surface area contributed by atoms with Crippen LogP contribution in [0.25, 0.3) is 0 Å². The molecule has 0 bridgehead atoms. The van der Waals surface area contributed by atoms with Crippen molar-refractivity contribution < 1.29 is 13.2 Å². The third-order valence-corrected chi connectivity index (χ3v) is 5.86. The molecule has 5 nitrogen and oxygen atoms in total. The largest absolute Gasteiger partial charge is 0.347 e. The first kappa shape index (κ1) is 18.8. The van der Waals surface area contributed by atoms with Crippen LogP contribution in [0.5, 0.6) is 0 Å². The van der Waals surface area contributed by atoms with E-state index in [9.17, 15) is 13.2 Å². The second-order valence-electron chi connectivity index (χ2n) is 5.63. The molecule has 23 heavy (non-hydrogen) atoms. The molecule has 1 heterocycles. The van der Waals surface area contributed by atoms with Gasteiger partial charge in [0.25, 0.3) is 9.70 Å². The molecule has 2 atom stereocenters. The third kappa shape index (κ3) is 5.50. The van der Waals surface area contributed by atoms with Gasteiger partial charge in [0.05, 0.1) is 17.5 Å². The fourth-order valence-corrected chi connectivity index (χ4v) is 4.46. The van der Waals surface area contributed by atoms with Crippen molar-refractivity contribution in [3.8, 4) is 0 Å². The van der Waals surface area contributed by atoms with Gasteiger partial charge in [-0.1, -0.05) is 64.6 Å². The summed E-state index contributed by atoms with van der Waals surface area (Å²) in [5.74, 6) is -1.07. The summed E-state index contributed by atoms with van der Waals surface area (Å²) >= 11 is 16.6. The van der Waals surface area contributed by atoms with E-state index in [1.54, 1.807) is 0 Å². The summed E-state index contributed by atoms with van der Waals surface area (Å²) in [6.07, 6.45) is 0. The lowest BCUT2D eigenvalue weighted by Crippen LogP contribution is -2.51. The van der Waals surface area contributed by atoms with Gasteiger partial charge in [0.15, 0.2) is 9.84 Å². The molecule has 1 aliphatic heterocycles. The Kier molecular flexibility index (Phi) is 5.85. The van der Waals surface area contributed by atoms with Gasteiger partial charge >= 0.3 is 0 Å². The standard InChI is InChI=1S/C14H17Cl3N2O3S/c1-9-2-4-10(5-3-9)6-18-11-7-23(21,22)8-12(11)19-13(20)14(15,16)17/h2-5,11-12,18H,6-8H2,1H3,(H,19,20)/t11-,12-/m0/s1. The Balaban J connectivity index is 2.02. The van der Waals surface area contributed by atoms with Crippen molar-refractivity contribution >= 4 is 50.5 Å². The molecular weight excluding hydrogens is 383 g/mol. The van der Waals surface area contributed by atoms with Gasteiger partial charge in [0.1, 0.15) is 0 Å². The van der Waals surface area contributed by atoms with E-state index >= 15 is 0 Å². The lowest BCUT2D eigenvalue weighted by atomic mass is 10.1. The number of aryl methyl sites for hydroxylation is 1. The average Bonchev–Trinajstić information content (AvgIpc) is 2.71. The molecule has 0 aromatic heterocycles. The summed E-state index contributed by atoms with van der Waals surface area (Å²) in [6, 6.07) is 6.81. The minimum atomic E-state index is -3.25. The van der Waals surface area contributed by atoms with Crippen molar-refractivity contribution in [2.45, 2.75) is 29.3 Å². The Hall–Kier alpha value is -0.530. The molecule has 1 aromatic carbocycles. The number of hydrogen-bond acceptors (Lipinski definition) is 4. The van der Waals surface area contributed by atoms with E-state index in [-0.39, 0.29) is 11.5 Å². The van der Waals surface area contributed by atoms with Crippen LogP contribution in [-0.2, 0) is 21.2 Å².